The number of alkyl halides is 3. The minimum Gasteiger partial charge on any atom is -0.316 e. The number of ketones is 1. The number of halogens is 4. The molecule has 0 radical (unpaired) electrons. The van der Waals surface area contributed by atoms with Crippen LogP contribution in [0.25, 0.3) is 0 Å². The SMILES string of the molecule is O=C(CCC1CCNC1)c1ccc(C(F)(F)F)c(F)c1. The number of benzene rings is 1. The summed E-state index contributed by atoms with van der Waals surface area (Å²) in [5.41, 5.74) is -1.34. The Labute approximate surface area is 114 Å². The standard InChI is InChI=1S/C14H15F4NO/c15-12-7-10(2-3-11(12)14(16,17)18)13(20)4-1-9-5-6-19-8-9/h2-3,7,9,19H,1,4-6,8H2. The van der Waals surface area contributed by atoms with Gasteiger partial charge in [0, 0.05) is 12.0 Å². The maximum Gasteiger partial charge on any atom is 0.419 e. The molecule has 2 nitrogen and oxygen atoms in total. The van der Waals surface area contributed by atoms with Crippen LogP contribution in [0.15, 0.2) is 18.2 Å². The van der Waals surface area contributed by atoms with Crippen molar-refractivity contribution in [1.82, 2.24) is 5.32 Å². The van der Waals surface area contributed by atoms with E-state index in [9.17, 15) is 22.4 Å². The Morgan fingerprint density at radius 2 is 2.10 bits per heavy atom. The second-order valence-electron chi connectivity index (χ2n) is 5.01. The molecular formula is C14H15F4NO. The predicted octanol–water partition coefficient (Wildman–Crippen LogP) is 3.42. The Hall–Kier alpha value is -1.43. The smallest absolute Gasteiger partial charge is 0.316 e. The lowest BCUT2D eigenvalue weighted by atomic mass is 9.97. The number of Topliss-reactive ketones (excluding diaryl/α,β-unsaturated/α-hetero) is 1. The third-order valence-electron chi connectivity index (χ3n) is 3.54. The summed E-state index contributed by atoms with van der Waals surface area (Å²) in [6, 6.07) is 2.35. The molecular weight excluding hydrogens is 274 g/mol. The van der Waals surface area contributed by atoms with E-state index >= 15 is 0 Å². The molecule has 1 fully saturated rings. The Kier molecular flexibility index (Phi) is 4.42. The molecule has 0 aromatic heterocycles. The van der Waals surface area contributed by atoms with Crippen LogP contribution in [0.1, 0.15) is 35.2 Å². The highest BCUT2D eigenvalue weighted by Gasteiger charge is 2.34. The van der Waals surface area contributed by atoms with Crippen LogP contribution in [0.4, 0.5) is 17.6 Å². The fraction of sp³-hybridized carbons (Fsp3) is 0.500. The lowest BCUT2D eigenvalue weighted by molar-refractivity contribution is -0.140. The molecule has 0 amide bonds. The highest BCUT2D eigenvalue weighted by atomic mass is 19.4. The van der Waals surface area contributed by atoms with Gasteiger partial charge in [-0.3, -0.25) is 4.79 Å². The molecule has 1 aromatic carbocycles. The number of nitrogens with one attached hydrogen (secondary N) is 1. The monoisotopic (exact) mass is 289 g/mol. The van der Waals surface area contributed by atoms with Crippen LogP contribution in [0, 0.1) is 11.7 Å². The van der Waals surface area contributed by atoms with Crippen molar-refractivity contribution in [3.63, 3.8) is 0 Å². The Bertz CT molecular complexity index is 492. The van der Waals surface area contributed by atoms with Gasteiger partial charge in [0.05, 0.1) is 5.56 Å². The van der Waals surface area contributed by atoms with Crippen molar-refractivity contribution in [2.45, 2.75) is 25.4 Å². The summed E-state index contributed by atoms with van der Waals surface area (Å²) >= 11 is 0. The zero-order valence-electron chi connectivity index (χ0n) is 10.8. The molecule has 1 aromatic rings. The van der Waals surface area contributed by atoms with Crippen LogP contribution in [0.3, 0.4) is 0 Å². The summed E-state index contributed by atoms with van der Waals surface area (Å²) in [5, 5.41) is 3.17. The molecule has 1 N–H and O–H groups in total. The highest BCUT2D eigenvalue weighted by molar-refractivity contribution is 5.96. The lowest BCUT2D eigenvalue weighted by Gasteiger charge is -2.10. The minimum absolute atomic E-state index is 0.00135. The lowest BCUT2D eigenvalue weighted by Crippen LogP contribution is -2.12. The average molecular weight is 289 g/mol. The van der Waals surface area contributed by atoms with E-state index in [1.165, 1.54) is 0 Å². The average Bonchev–Trinajstić information content (AvgIpc) is 2.87. The fourth-order valence-electron chi connectivity index (χ4n) is 2.36. The molecule has 0 saturated carbocycles. The van der Waals surface area contributed by atoms with Crippen molar-refractivity contribution in [2.75, 3.05) is 13.1 Å². The van der Waals surface area contributed by atoms with Crippen LogP contribution in [-0.2, 0) is 6.18 Å². The Balaban J connectivity index is 2.01. The summed E-state index contributed by atoms with van der Waals surface area (Å²) in [4.78, 5) is 11.8. The number of rotatable bonds is 4. The molecule has 2 rings (SSSR count). The Morgan fingerprint density at radius 1 is 1.35 bits per heavy atom. The van der Waals surface area contributed by atoms with E-state index in [-0.39, 0.29) is 17.8 Å². The van der Waals surface area contributed by atoms with Gasteiger partial charge in [0.25, 0.3) is 0 Å². The van der Waals surface area contributed by atoms with E-state index in [0.29, 0.717) is 24.5 Å². The van der Waals surface area contributed by atoms with Crippen LogP contribution >= 0.6 is 0 Å². The molecule has 0 aliphatic carbocycles. The molecule has 1 aliphatic rings. The van der Waals surface area contributed by atoms with Crippen LogP contribution in [-0.4, -0.2) is 18.9 Å². The van der Waals surface area contributed by atoms with Crippen LogP contribution in [0.2, 0.25) is 0 Å². The number of carbonyl (C=O) groups is 1. The van der Waals surface area contributed by atoms with Crippen molar-refractivity contribution in [1.29, 1.82) is 0 Å². The third-order valence-corrected chi connectivity index (χ3v) is 3.54. The normalized spacial score (nSPS) is 19.3. The van der Waals surface area contributed by atoms with E-state index in [2.05, 4.69) is 5.32 Å². The molecule has 1 saturated heterocycles. The van der Waals surface area contributed by atoms with Gasteiger partial charge in [0.15, 0.2) is 5.78 Å². The number of carbonyl (C=O) groups excluding carboxylic acids is 1. The van der Waals surface area contributed by atoms with Gasteiger partial charge in [0.1, 0.15) is 5.82 Å². The second-order valence-corrected chi connectivity index (χ2v) is 5.01. The molecule has 0 bridgehead atoms. The summed E-state index contributed by atoms with van der Waals surface area (Å²) in [6.07, 6.45) is -2.83. The van der Waals surface area contributed by atoms with Gasteiger partial charge in [0.2, 0.25) is 0 Å². The first-order valence-corrected chi connectivity index (χ1v) is 6.48. The quantitative estimate of drug-likeness (QED) is 0.680. The van der Waals surface area contributed by atoms with E-state index < -0.39 is 17.6 Å². The molecule has 0 spiro atoms. The van der Waals surface area contributed by atoms with E-state index in [0.717, 1.165) is 25.6 Å². The van der Waals surface area contributed by atoms with Crippen LogP contribution in [0.5, 0.6) is 0 Å². The summed E-state index contributed by atoms with van der Waals surface area (Å²) < 4.78 is 50.6. The molecule has 110 valence electrons. The van der Waals surface area contributed by atoms with E-state index in [1.807, 2.05) is 0 Å². The summed E-state index contributed by atoms with van der Waals surface area (Å²) in [7, 11) is 0. The summed E-state index contributed by atoms with van der Waals surface area (Å²) in [5.74, 6) is -1.30. The number of hydrogen-bond donors (Lipinski definition) is 1. The first-order valence-electron chi connectivity index (χ1n) is 6.48. The first kappa shape index (κ1) is 15.0. The largest absolute Gasteiger partial charge is 0.419 e. The minimum atomic E-state index is -4.73. The van der Waals surface area contributed by atoms with Crippen molar-refractivity contribution >= 4 is 5.78 Å². The van der Waals surface area contributed by atoms with Crippen molar-refractivity contribution in [2.24, 2.45) is 5.92 Å². The fourth-order valence-corrected chi connectivity index (χ4v) is 2.36. The maximum atomic E-state index is 13.4. The zero-order chi connectivity index (χ0) is 14.8. The molecule has 6 heteroatoms. The van der Waals surface area contributed by atoms with Gasteiger partial charge in [-0.2, -0.15) is 13.2 Å². The van der Waals surface area contributed by atoms with E-state index in [1.54, 1.807) is 0 Å². The van der Waals surface area contributed by atoms with E-state index in [4.69, 9.17) is 0 Å². The van der Waals surface area contributed by atoms with Gasteiger partial charge in [-0.05, 0) is 44.0 Å². The highest BCUT2D eigenvalue weighted by Crippen LogP contribution is 2.31. The predicted molar refractivity (Wildman–Crippen MR) is 65.9 cm³/mol. The van der Waals surface area contributed by atoms with Gasteiger partial charge < -0.3 is 5.32 Å². The molecule has 1 atom stereocenters. The van der Waals surface area contributed by atoms with Crippen LogP contribution < -0.4 is 5.32 Å². The first-order chi connectivity index (χ1) is 9.38. The zero-order valence-corrected chi connectivity index (χ0v) is 10.8. The molecule has 1 heterocycles. The number of hydrogen-bond acceptors (Lipinski definition) is 2. The van der Waals surface area contributed by atoms with Crippen molar-refractivity contribution in [3.05, 3.63) is 35.1 Å². The van der Waals surface area contributed by atoms with Gasteiger partial charge >= 0.3 is 6.18 Å². The molecule has 1 unspecified atom stereocenters. The third kappa shape index (κ3) is 3.56. The van der Waals surface area contributed by atoms with Gasteiger partial charge in [-0.25, -0.2) is 4.39 Å². The van der Waals surface area contributed by atoms with Gasteiger partial charge in [-0.15, -0.1) is 0 Å². The molecule has 20 heavy (non-hydrogen) atoms. The Morgan fingerprint density at radius 3 is 2.65 bits per heavy atom. The van der Waals surface area contributed by atoms with Crippen molar-refractivity contribution in [3.8, 4) is 0 Å². The van der Waals surface area contributed by atoms with Crippen molar-refractivity contribution < 1.29 is 22.4 Å². The van der Waals surface area contributed by atoms with Gasteiger partial charge in [-0.1, -0.05) is 6.07 Å². The summed E-state index contributed by atoms with van der Waals surface area (Å²) in [6.45, 7) is 1.78. The second kappa shape index (κ2) is 5.91. The topological polar surface area (TPSA) is 29.1 Å². The molecule has 1 aliphatic heterocycles. The maximum absolute atomic E-state index is 13.4.